The SMILES string of the molecule is CC(NC(=O)[C@H]1NCCO[C@@H]1C)c1ccccc1Br.Cl. The molecule has 1 aromatic carbocycles. The van der Waals surface area contributed by atoms with E-state index >= 15 is 0 Å². The van der Waals surface area contributed by atoms with Gasteiger partial charge in [0.25, 0.3) is 0 Å². The Bertz CT molecular complexity index is 459. The van der Waals surface area contributed by atoms with Gasteiger partial charge in [-0.15, -0.1) is 12.4 Å². The summed E-state index contributed by atoms with van der Waals surface area (Å²) in [5.41, 5.74) is 1.07. The molecule has 1 aromatic rings. The Kier molecular flexibility index (Phi) is 6.95. The summed E-state index contributed by atoms with van der Waals surface area (Å²) in [6.45, 7) is 5.27. The molecule has 1 unspecified atom stereocenters. The van der Waals surface area contributed by atoms with Gasteiger partial charge in [0, 0.05) is 11.0 Å². The summed E-state index contributed by atoms with van der Waals surface area (Å²) in [5, 5.41) is 6.22. The van der Waals surface area contributed by atoms with Gasteiger partial charge in [-0.05, 0) is 25.5 Å². The summed E-state index contributed by atoms with van der Waals surface area (Å²) >= 11 is 3.50. The lowest BCUT2D eigenvalue weighted by Gasteiger charge is -2.30. The van der Waals surface area contributed by atoms with E-state index in [1.54, 1.807) is 0 Å². The molecule has 6 heteroatoms. The summed E-state index contributed by atoms with van der Waals surface area (Å²) < 4.78 is 6.49. The van der Waals surface area contributed by atoms with Crippen molar-refractivity contribution in [2.45, 2.75) is 32.0 Å². The van der Waals surface area contributed by atoms with Gasteiger partial charge in [-0.1, -0.05) is 34.1 Å². The first-order valence-electron chi connectivity index (χ1n) is 6.49. The lowest BCUT2D eigenvalue weighted by Crippen LogP contribution is -2.55. The van der Waals surface area contributed by atoms with Crippen molar-refractivity contribution in [3.63, 3.8) is 0 Å². The highest BCUT2D eigenvalue weighted by Crippen LogP contribution is 2.22. The molecule has 1 heterocycles. The lowest BCUT2D eigenvalue weighted by atomic mass is 10.1. The number of rotatable bonds is 3. The van der Waals surface area contributed by atoms with Crippen molar-refractivity contribution in [2.24, 2.45) is 0 Å². The Balaban J connectivity index is 0.00000200. The Hall–Kier alpha value is -0.620. The predicted molar refractivity (Wildman–Crippen MR) is 85.2 cm³/mol. The first-order valence-corrected chi connectivity index (χ1v) is 7.28. The smallest absolute Gasteiger partial charge is 0.240 e. The molecule has 1 aliphatic rings. The van der Waals surface area contributed by atoms with Crippen LogP contribution < -0.4 is 10.6 Å². The molecule has 0 saturated carbocycles. The lowest BCUT2D eigenvalue weighted by molar-refractivity contribution is -0.129. The van der Waals surface area contributed by atoms with E-state index in [-0.39, 0.29) is 36.5 Å². The van der Waals surface area contributed by atoms with Crippen LogP contribution in [-0.2, 0) is 9.53 Å². The molecular weight excluding hydrogens is 344 g/mol. The van der Waals surface area contributed by atoms with E-state index in [0.29, 0.717) is 13.2 Å². The standard InChI is InChI=1S/C14H19BrN2O2.ClH/c1-9(11-5-3-4-6-12(11)15)17-14(18)13-10(2)19-8-7-16-13;/h3-6,9-10,13,16H,7-8H2,1-2H3,(H,17,18);1H/t9?,10-,13+;/m1./s1. The predicted octanol–water partition coefficient (Wildman–Crippen LogP) is 2.43. The molecule has 0 spiro atoms. The number of morpholine rings is 1. The van der Waals surface area contributed by atoms with E-state index in [1.807, 2.05) is 38.1 Å². The van der Waals surface area contributed by atoms with Gasteiger partial charge in [0.2, 0.25) is 5.91 Å². The fraction of sp³-hybridized carbons (Fsp3) is 0.500. The van der Waals surface area contributed by atoms with Crippen molar-refractivity contribution >= 4 is 34.2 Å². The number of ether oxygens (including phenoxy) is 1. The molecule has 0 aliphatic carbocycles. The Morgan fingerprint density at radius 2 is 2.20 bits per heavy atom. The second-order valence-electron chi connectivity index (χ2n) is 4.76. The van der Waals surface area contributed by atoms with Crippen LogP contribution in [0.4, 0.5) is 0 Å². The van der Waals surface area contributed by atoms with Crippen molar-refractivity contribution in [1.29, 1.82) is 0 Å². The number of nitrogens with one attached hydrogen (secondary N) is 2. The molecule has 1 aliphatic heterocycles. The molecule has 2 rings (SSSR count). The van der Waals surface area contributed by atoms with Crippen molar-refractivity contribution < 1.29 is 9.53 Å². The van der Waals surface area contributed by atoms with Crippen molar-refractivity contribution in [2.75, 3.05) is 13.2 Å². The molecule has 0 radical (unpaired) electrons. The van der Waals surface area contributed by atoms with Crippen LogP contribution >= 0.6 is 28.3 Å². The first-order chi connectivity index (χ1) is 9.09. The number of amides is 1. The zero-order valence-corrected chi connectivity index (χ0v) is 14.0. The second-order valence-corrected chi connectivity index (χ2v) is 5.61. The fourth-order valence-corrected chi connectivity index (χ4v) is 2.86. The zero-order chi connectivity index (χ0) is 13.8. The number of hydrogen-bond acceptors (Lipinski definition) is 3. The molecule has 4 nitrogen and oxygen atoms in total. The average molecular weight is 364 g/mol. The maximum Gasteiger partial charge on any atom is 0.240 e. The Morgan fingerprint density at radius 3 is 2.85 bits per heavy atom. The number of carbonyl (C=O) groups excluding carboxylic acids is 1. The molecule has 3 atom stereocenters. The minimum Gasteiger partial charge on any atom is -0.375 e. The normalized spacial score (nSPS) is 23.6. The average Bonchev–Trinajstić information content (AvgIpc) is 2.39. The van der Waals surface area contributed by atoms with Crippen molar-refractivity contribution in [1.82, 2.24) is 10.6 Å². The molecule has 1 fully saturated rings. The Labute approximate surface area is 134 Å². The maximum atomic E-state index is 12.2. The van der Waals surface area contributed by atoms with Gasteiger partial charge in [-0.25, -0.2) is 0 Å². The largest absolute Gasteiger partial charge is 0.375 e. The number of hydrogen-bond donors (Lipinski definition) is 2. The van der Waals surface area contributed by atoms with E-state index < -0.39 is 0 Å². The molecule has 2 N–H and O–H groups in total. The van der Waals surface area contributed by atoms with Crippen LogP contribution in [0.5, 0.6) is 0 Å². The number of benzene rings is 1. The molecule has 1 amide bonds. The third kappa shape index (κ3) is 4.19. The van der Waals surface area contributed by atoms with Gasteiger partial charge in [0.05, 0.1) is 18.8 Å². The molecule has 1 saturated heterocycles. The van der Waals surface area contributed by atoms with Crippen molar-refractivity contribution in [3.8, 4) is 0 Å². The van der Waals surface area contributed by atoms with E-state index in [0.717, 1.165) is 10.0 Å². The van der Waals surface area contributed by atoms with Crippen LogP contribution in [0.1, 0.15) is 25.5 Å². The molecular formula is C14H20BrClN2O2. The molecule has 0 bridgehead atoms. The van der Waals surface area contributed by atoms with Crippen molar-refractivity contribution in [3.05, 3.63) is 34.3 Å². The first kappa shape index (κ1) is 17.4. The number of carbonyl (C=O) groups is 1. The topological polar surface area (TPSA) is 50.4 Å². The minimum absolute atomic E-state index is 0. The van der Waals surface area contributed by atoms with Crippen LogP contribution in [0.15, 0.2) is 28.7 Å². The summed E-state index contributed by atoms with van der Waals surface area (Å²) in [6.07, 6.45) is -0.0971. The highest BCUT2D eigenvalue weighted by Gasteiger charge is 2.29. The monoisotopic (exact) mass is 362 g/mol. The molecule has 20 heavy (non-hydrogen) atoms. The summed E-state index contributed by atoms with van der Waals surface area (Å²) in [7, 11) is 0. The third-order valence-corrected chi connectivity index (χ3v) is 4.05. The number of halogens is 2. The fourth-order valence-electron chi connectivity index (χ4n) is 2.23. The molecule has 0 aromatic heterocycles. The third-order valence-electron chi connectivity index (χ3n) is 3.33. The van der Waals surface area contributed by atoms with Gasteiger partial charge < -0.3 is 15.4 Å². The zero-order valence-electron chi connectivity index (χ0n) is 11.6. The van der Waals surface area contributed by atoms with E-state index in [2.05, 4.69) is 26.6 Å². The van der Waals surface area contributed by atoms with Crippen LogP contribution in [-0.4, -0.2) is 31.2 Å². The van der Waals surface area contributed by atoms with Crippen LogP contribution in [0.3, 0.4) is 0 Å². The summed E-state index contributed by atoms with van der Waals surface area (Å²) in [5.74, 6) is -0.0181. The van der Waals surface area contributed by atoms with E-state index in [9.17, 15) is 4.79 Å². The summed E-state index contributed by atoms with van der Waals surface area (Å²) in [6, 6.07) is 7.58. The van der Waals surface area contributed by atoms with Gasteiger partial charge in [0.1, 0.15) is 6.04 Å². The highest BCUT2D eigenvalue weighted by molar-refractivity contribution is 9.10. The van der Waals surface area contributed by atoms with Crippen LogP contribution in [0.25, 0.3) is 0 Å². The molecule has 112 valence electrons. The van der Waals surface area contributed by atoms with Crippen LogP contribution in [0.2, 0.25) is 0 Å². The summed E-state index contributed by atoms with van der Waals surface area (Å²) in [4.78, 5) is 12.2. The van der Waals surface area contributed by atoms with Gasteiger partial charge in [0.15, 0.2) is 0 Å². The van der Waals surface area contributed by atoms with Crippen LogP contribution in [0, 0.1) is 0 Å². The van der Waals surface area contributed by atoms with Gasteiger partial charge in [-0.2, -0.15) is 0 Å². The maximum absolute atomic E-state index is 12.2. The van der Waals surface area contributed by atoms with Gasteiger partial charge in [-0.3, -0.25) is 4.79 Å². The minimum atomic E-state index is -0.279. The van der Waals surface area contributed by atoms with Gasteiger partial charge >= 0.3 is 0 Å². The highest BCUT2D eigenvalue weighted by atomic mass is 79.9. The van der Waals surface area contributed by atoms with E-state index in [1.165, 1.54) is 0 Å². The quantitative estimate of drug-likeness (QED) is 0.867. The Morgan fingerprint density at radius 1 is 1.50 bits per heavy atom. The second kappa shape index (κ2) is 7.98. The van der Waals surface area contributed by atoms with E-state index in [4.69, 9.17) is 4.74 Å².